The molecule has 0 aromatic rings. The lowest BCUT2D eigenvalue weighted by Crippen LogP contribution is -2.51. The van der Waals surface area contributed by atoms with E-state index in [0.717, 1.165) is 63.2 Å². The fourth-order valence-corrected chi connectivity index (χ4v) is 3.98. The average Bonchev–Trinajstić information content (AvgIpc) is 2.41. The Bertz CT molecular complexity index is 314. The molecule has 0 atom stereocenters. The van der Waals surface area contributed by atoms with E-state index in [0.29, 0.717) is 0 Å². The predicted octanol–water partition coefficient (Wildman–Crippen LogP) is 4.04. The van der Waals surface area contributed by atoms with Crippen molar-refractivity contribution in [3.63, 3.8) is 0 Å². The lowest BCUT2D eigenvalue weighted by molar-refractivity contribution is -0.109. The lowest BCUT2D eigenvalue weighted by Gasteiger charge is -2.49. The van der Waals surface area contributed by atoms with Crippen molar-refractivity contribution in [3.05, 3.63) is 0 Å². The molecule has 0 radical (unpaired) electrons. The van der Waals surface area contributed by atoms with E-state index in [-0.39, 0.29) is 0 Å². The topological polar surface area (TPSA) is 44.0 Å². The fraction of sp³-hybridized carbons (Fsp3) is 0.938. The van der Waals surface area contributed by atoms with E-state index in [1.807, 2.05) is 0 Å². The maximum Gasteiger partial charge on any atom is 0.0860 e. The van der Waals surface area contributed by atoms with Gasteiger partial charge >= 0.3 is 0 Å². The number of rotatable bonds is 2. The van der Waals surface area contributed by atoms with E-state index < -0.39 is 11.0 Å². The van der Waals surface area contributed by atoms with Crippen LogP contribution in [-0.4, -0.2) is 10.7 Å². The second-order valence-electron chi connectivity index (χ2n) is 6.76. The zero-order chi connectivity index (χ0) is 13.2. The molecule has 0 aliphatic heterocycles. The summed E-state index contributed by atoms with van der Waals surface area (Å²) in [6.07, 6.45) is 9.11. The van der Waals surface area contributed by atoms with E-state index in [2.05, 4.69) is 19.9 Å². The van der Waals surface area contributed by atoms with Crippen molar-refractivity contribution >= 4 is 0 Å². The Labute approximate surface area is 111 Å². The molecule has 2 fully saturated rings. The van der Waals surface area contributed by atoms with Gasteiger partial charge in [-0.25, -0.2) is 0 Å². The van der Waals surface area contributed by atoms with Crippen molar-refractivity contribution in [2.24, 2.45) is 17.3 Å². The Kier molecular flexibility index (Phi) is 4.02. The van der Waals surface area contributed by atoms with Crippen molar-refractivity contribution in [1.82, 2.24) is 0 Å². The van der Waals surface area contributed by atoms with Gasteiger partial charge in [-0.3, -0.25) is 0 Å². The lowest BCUT2D eigenvalue weighted by atomic mass is 9.57. The molecular formula is C16H27NO. The minimum atomic E-state index is -0.701. The summed E-state index contributed by atoms with van der Waals surface area (Å²) < 4.78 is 0. The van der Waals surface area contributed by atoms with Crippen LogP contribution in [0, 0.1) is 28.6 Å². The molecule has 2 nitrogen and oxygen atoms in total. The first-order valence-corrected chi connectivity index (χ1v) is 7.69. The number of hydrogen-bond acceptors (Lipinski definition) is 2. The third-order valence-electron chi connectivity index (χ3n) is 5.74. The Morgan fingerprint density at radius 2 is 1.67 bits per heavy atom. The van der Waals surface area contributed by atoms with Crippen LogP contribution in [0.2, 0.25) is 0 Å². The summed E-state index contributed by atoms with van der Waals surface area (Å²) in [5.74, 6) is 1.49. The highest BCUT2D eigenvalue weighted by molar-refractivity contribution is 5.13. The van der Waals surface area contributed by atoms with Gasteiger partial charge in [0.2, 0.25) is 0 Å². The maximum absolute atomic E-state index is 11.0. The summed E-state index contributed by atoms with van der Waals surface area (Å²) in [5, 5.41) is 20.7. The third-order valence-corrected chi connectivity index (χ3v) is 5.74. The molecule has 0 unspecified atom stereocenters. The second kappa shape index (κ2) is 5.21. The number of nitrogens with zero attached hydrogens (tertiary/aromatic N) is 1. The van der Waals surface area contributed by atoms with Crippen molar-refractivity contribution in [2.75, 3.05) is 0 Å². The monoisotopic (exact) mass is 249 g/mol. The Morgan fingerprint density at radius 1 is 1.11 bits per heavy atom. The molecule has 0 aromatic carbocycles. The quantitative estimate of drug-likeness (QED) is 0.802. The summed E-state index contributed by atoms with van der Waals surface area (Å²) in [7, 11) is 0. The molecule has 2 saturated carbocycles. The summed E-state index contributed by atoms with van der Waals surface area (Å²) in [6, 6.07) is 2.53. The highest BCUT2D eigenvalue weighted by Crippen LogP contribution is 2.52. The zero-order valence-corrected chi connectivity index (χ0v) is 11.9. The van der Waals surface area contributed by atoms with Crippen LogP contribution < -0.4 is 0 Å². The van der Waals surface area contributed by atoms with Crippen LogP contribution in [0.3, 0.4) is 0 Å². The first-order chi connectivity index (χ1) is 8.55. The maximum atomic E-state index is 11.0. The molecule has 0 amide bonds. The number of aliphatic hydroxyl groups is 1. The SMILES string of the molecule is CCC1CCC(O)(C2(C#N)CCC(C)CC2)CC1. The Balaban J connectivity index is 2.10. The number of nitriles is 1. The number of hydrogen-bond donors (Lipinski definition) is 1. The minimum Gasteiger partial charge on any atom is -0.388 e. The highest BCUT2D eigenvalue weighted by Gasteiger charge is 2.52. The molecule has 1 N–H and O–H groups in total. The van der Waals surface area contributed by atoms with Crippen molar-refractivity contribution in [2.45, 2.75) is 77.2 Å². The first kappa shape index (κ1) is 13.9. The second-order valence-corrected chi connectivity index (χ2v) is 6.76. The van der Waals surface area contributed by atoms with Gasteiger partial charge in [0, 0.05) is 0 Å². The largest absolute Gasteiger partial charge is 0.388 e. The van der Waals surface area contributed by atoms with Gasteiger partial charge in [-0.05, 0) is 63.2 Å². The summed E-state index contributed by atoms with van der Waals surface area (Å²) in [4.78, 5) is 0. The third kappa shape index (κ3) is 2.30. The molecule has 2 aliphatic rings. The van der Waals surface area contributed by atoms with Crippen LogP contribution >= 0.6 is 0 Å². The molecule has 2 rings (SSSR count). The van der Waals surface area contributed by atoms with Crippen LogP contribution in [0.5, 0.6) is 0 Å². The molecule has 0 spiro atoms. The molecule has 102 valence electrons. The van der Waals surface area contributed by atoms with E-state index in [9.17, 15) is 10.4 Å². The molecule has 0 bridgehead atoms. The molecule has 0 heterocycles. The van der Waals surface area contributed by atoms with Gasteiger partial charge in [0.1, 0.15) is 0 Å². The Morgan fingerprint density at radius 3 is 2.11 bits per heavy atom. The molecule has 0 saturated heterocycles. The van der Waals surface area contributed by atoms with Crippen LogP contribution in [0.1, 0.15) is 71.6 Å². The van der Waals surface area contributed by atoms with Crippen molar-refractivity contribution in [3.8, 4) is 6.07 Å². The van der Waals surface area contributed by atoms with E-state index in [1.165, 1.54) is 6.42 Å². The van der Waals surface area contributed by atoms with Gasteiger partial charge in [0.05, 0.1) is 17.1 Å². The fourth-order valence-electron chi connectivity index (χ4n) is 3.98. The summed E-state index contributed by atoms with van der Waals surface area (Å²) >= 11 is 0. The predicted molar refractivity (Wildman–Crippen MR) is 72.9 cm³/mol. The molecular weight excluding hydrogens is 222 g/mol. The first-order valence-electron chi connectivity index (χ1n) is 7.69. The van der Waals surface area contributed by atoms with E-state index >= 15 is 0 Å². The summed E-state index contributed by atoms with van der Waals surface area (Å²) in [5.41, 5.74) is -1.15. The molecule has 2 aliphatic carbocycles. The van der Waals surface area contributed by atoms with Gasteiger partial charge in [-0.15, -0.1) is 0 Å². The minimum absolute atomic E-state index is 0.446. The van der Waals surface area contributed by atoms with Crippen LogP contribution in [0.4, 0.5) is 0 Å². The van der Waals surface area contributed by atoms with Gasteiger partial charge in [0.25, 0.3) is 0 Å². The van der Waals surface area contributed by atoms with Crippen LogP contribution in [0.25, 0.3) is 0 Å². The molecule has 0 aromatic heterocycles. The molecule has 18 heavy (non-hydrogen) atoms. The summed E-state index contributed by atoms with van der Waals surface area (Å²) in [6.45, 7) is 4.50. The van der Waals surface area contributed by atoms with Crippen molar-refractivity contribution in [1.29, 1.82) is 5.26 Å². The van der Waals surface area contributed by atoms with E-state index in [4.69, 9.17) is 0 Å². The molecule has 2 heteroatoms. The van der Waals surface area contributed by atoms with E-state index in [1.54, 1.807) is 0 Å². The standard InChI is InChI=1S/C16H27NO/c1-3-14-6-10-16(18,11-7-14)15(12-17)8-4-13(2)5-9-15/h13-14,18H,3-11H2,1-2H3. The zero-order valence-electron chi connectivity index (χ0n) is 11.9. The van der Waals surface area contributed by atoms with Gasteiger partial charge in [-0.1, -0.05) is 20.3 Å². The van der Waals surface area contributed by atoms with Crippen LogP contribution in [-0.2, 0) is 0 Å². The van der Waals surface area contributed by atoms with Gasteiger partial charge in [0.15, 0.2) is 0 Å². The smallest absolute Gasteiger partial charge is 0.0860 e. The normalized spacial score (nSPS) is 45.4. The highest BCUT2D eigenvalue weighted by atomic mass is 16.3. The van der Waals surface area contributed by atoms with Gasteiger partial charge in [-0.2, -0.15) is 5.26 Å². The average molecular weight is 249 g/mol. The Hall–Kier alpha value is -0.550. The van der Waals surface area contributed by atoms with Crippen LogP contribution in [0.15, 0.2) is 0 Å². The van der Waals surface area contributed by atoms with Gasteiger partial charge < -0.3 is 5.11 Å². The van der Waals surface area contributed by atoms with Crippen molar-refractivity contribution < 1.29 is 5.11 Å².